The molecule has 1 aromatic rings. The van der Waals surface area contributed by atoms with Crippen LogP contribution in [0.2, 0.25) is 0 Å². The van der Waals surface area contributed by atoms with Gasteiger partial charge in [-0.15, -0.1) is 0 Å². The van der Waals surface area contributed by atoms with Gasteiger partial charge < -0.3 is 24.8 Å². The topological polar surface area (TPSA) is 96.2 Å². The van der Waals surface area contributed by atoms with Gasteiger partial charge in [0.2, 0.25) is 0 Å². The van der Waals surface area contributed by atoms with Gasteiger partial charge in [0.1, 0.15) is 6.10 Å². The van der Waals surface area contributed by atoms with E-state index in [0.29, 0.717) is 37.9 Å². The Hall–Kier alpha value is -1.57. The molecule has 1 aromatic carbocycles. The van der Waals surface area contributed by atoms with Crippen LogP contribution in [-0.4, -0.2) is 63.8 Å². The number of allylic oxidation sites excluding steroid dienone is 1. The molecule has 6 heteroatoms. The van der Waals surface area contributed by atoms with E-state index < -0.39 is 28.8 Å². The molecule has 3 N–H and O–H groups in total. The van der Waals surface area contributed by atoms with Crippen molar-refractivity contribution in [2.45, 2.75) is 121 Å². The highest BCUT2D eigenvalue weighted by atomic mass is 16.5. The number of hydrogen-bond donors (Lipinski definition) is 3. The highest BCUT2D eigenvalue weighted by molar-refractivity contribution is 5.95. The zero-order chi connectivity index (χ0) is 31.1. The van der Waals surface area contributed by atoms with Crippen LogP contribution in [0.4, 0.5) is 0 Å². The van der Waals surface area contributed by atoms with Crippen molar-refractivity contribution in [1.82, 2.24) is 0 Å². The summed E-state index contributed by atoms with van der Waals surface area (Å²) < 4.78 is 12.4. The summed E-state index contributed by atoms with van der Waals surface area (Å²) in [5.41, 5.74) is -1.06. The van der Waals surface area contributed by atoms with Crippen molar-refractivity contribution in [1.29, 1.82) is 0 Å². The third-order valence-electron chi connectivity index (χ3n) is 14.2. The van der Waals surface area contributed by atoms with Crippen LogP contribution < -0.4 is 0 Å². The first kappa shape index (κ1) is 31.1. The number of aliphatic hydroxyl groups is 3. The molecule has 1 aliphatic heterocycles. The highest BCUT2D eigenvalue weighted by Crippen LogP contribution is 2.73. The molecule has 5 aliphatic carbocycles. The third-order valence-corrected chi connectivity index (χ3v) is 14.2. The molecule has 242 valence electrons. The maximum atomic E-state index is 14.1. The van der Waals surface area contributed by atoms with Crippen molar-refractivity contribution < 1.29 is 29.6 Å². The van der Waals surface area contributed by atoms with Crippen molar-refractivity contribution in [3.63, 3.8) is 0 Å². The minimum atomic E-state index is -1.40. The maximum Gasteiger partial charge on any atom is 0.159 e. The van der Waals surface area contributed by atoms with Gasteiger partial charge >= 0.3 is 0 Å². The molecule has 5 fully saturated rings. The van der Waals surface area contributed by atoms with Crippen molar-refractivity contribution in [2.24, 2.45) is 46.3 Å². The van der Waals surface area contributed by atoms with Crippen LogP contribution in [0.15, 0.2) is 42.0 Å². The van der Waals surface area contributed by atoms with Crippen LogP contribution in [0.5, 0.6) is 0 Å². The molecule has 0 amide bonds. The Kier molecular flexibility index (Phi) is 7.77. The number of carbonyl (C=O) groups is 1. The lowest BCUT2D eigenvalue weighted by atomic mass is 9.40. The fraction of sp³-hybridized carbons (Fsp3) is 0.763. The van der Waals surface area contributed by atoms with Crippen LogP contribution in [0.1, 0.15) is 91.0 Å². The Labute approximate surface area is 263 Å². The van der Waals surface area contributed by atoms with Crippen LogP contribution in [0, 0.1) is 46.3 Å². The summed E-state index contributed by atoms with van der Waals surface area (Å²) in [6.45, 7) is 9.61. The molecule has 1 saturated heterocycles. The lowest BCUT2D eigenvalue weighted by Gasteiger charge is -2.65. The fourth-order valence-electron chi connectivity index (χ4n) is 11.7. The van der Waals surface area contributed by atoms with E-state index in [1.54, 1.807) is 6.92 Å². The van der Waals surface area contributed by atoms with Crippen molar-refractivity contribution in [3.8, 4) is 0 Å². The molecular weight excluding hydrogens is 552 g/mol. The van der Waals surface area contributed by atoms with E-state index in [-0.39, 0.29) is 41.0 Å². The maximum absolute atomic E-state index is 14.1. The Morgan fingerprint density at radius 2 is 1.89 bits per heavy atom. The van der Waals surface area contributed by atoms with E-state index in [2.05, 4.69) is 45.0 Å². The molecule has 6 nitrogen and oxygen atoms in total. The van der Waals surface area contributed by atoms with Crippen LogP contribution in [-0.2, 0) is 20.7 Å². The normalized spacial score (nSPS) is 46.8. The van der Waals surface area contributed by atoms with Crippen LogP contribution in [0.25, 0.3) is 0 Å². The Morgan fingerprint density at radius 1 is 1.11 bits per heavy atom. The van der Waals surface area contributed by atoms with E-state index in [9.17, 15) is 20.1 Å². The first-order chi connectivity index (χ1) is 20.9. The second kappa shape index (κ2) is 11.0. The second-order valence-electron chi connectivity index (χ2n) is 16.3. The van der Waals surface area contributed by atoms with E-state index in [0.717, 1.165) is 56.9 Å². The Morgan fingerprint density at radius 3 is 2.61 bits per heavy atom. The molecule has 6 aliphatic rings. The predicted octanol–water partition coefficient (Wildman–Crippen LogP) is 5.66. The Balaban J connectivity index is 1.15. The quantitative estimate of drug-likeness (QED) is 0.371. The second-order valence-corrected chi connectivity index (χ2v) is 16.3. The van der Waals surface area contributed by atoms with Crippen molar-refractivity contribution in [2.75, 3.05) is 13.2 Å². The molecule has 0 unspecified atom stereocenters. The molecule has 0 radical (unpaired) electrons. The summed E-state index contributed by atoms with van der Waals surface area (Å²) in [5, 5.41) is 36.8. The number of carbonyl (C=O) groups excluding carboxylic acids is 1. The number of ketones is 1. The van der Waals surface area contributed by atoms with Crippen molar-refractivity contribution >= 4 is 5.78 Å². The smallest absolute Gasteiger partial charge is 0.159 e. The number of ether oxygens (including phenoxy) is 2. The summed E-state index contributed by atoms with van der Waals surface area (Å²) in [6.07, 6.45) is 8.94. The van der Waals surface area contributed by atoms with Gasteiger partial charge in [0, 0.05) is 17.9 Å². The highest BCUT2D eigenvalue weighted by Gasteiger charge is 2.73. The summed E-state index contributed by atoms with van der Waals surface area (Å²) in [4.78, 5) is 14.1. The van der Waals surface area contributed by atoms with Gasteiger partial charge in [-0.1, -0.05) is 57.5 Å². The molecule has 44 heavy (non-hydrogen) atoms. The van der Waals surface area contributed by atoms with Gasteiger partial charge in [-0.3, -0.25) is 4.79 Å². The summed E-state index contributed by atoms with van der Waals surface area (Å²) in [6, 6.07) is 10.4. The monoisotopic (exact) mass is 606 g/mol. The van der Waals surface area contributed by atoms with Gasteiger partial charge in [0.05, 0.1) is 30.0 Å². The lowest BCUT2D eigenvalue weighted by Crippen LogP contribution is -2.67. The fourth-order valence-corrected chi connectivity index (χ4v) is 11.7. The zero-order valence-electron chi connectivity index (χ0n) is 27.2. The molecule has 4 saturated carbocycles. The molecule has 0 aromatic heterocycles. The standard InChI is InChI=1S/C38H54O6/c1-23-22-44-33(24(23)2)34(40)36(4,41)31-13-17-38(42)29-20-30(39)28-19-27(43-18-14-25-9-6-5-7-10-25)12-16-35(28,3)32(29)26-11-8-15-37(31,38)21-26/h5-7,9-10,20,23-24,26-28,31-34,40-42H,8,11-19,21-22H2,1-4H3/t23-,24-,26+,27+,28-,31+,32-,33+,34-,35+,36+,37+,38+/m1/s1. The molecule has 2 bridgehead atoms. The predicted molar refractivity (Wildman–Crippen MR) is 169 cm³/mol. The number of fused-ring (bicyclic) bond motifs is 6. The molecule has 7 rings (SSSR count). The molecule has 1 heterocycles. The van der Waals surface area contributed by atoms with E-state index in [1.165, 1.54) is 5.56 Å². The van der Waals surface area contributed by atoms with E-state index >= 15 is 0 Å². The Bertz CT molecular complexity index is 1280. The van der Waals surface area contributed by atoms with Crippen molar-refractivity contribution in [3.05, 3.63) is 47.5 Å². The van der Waals surface area contributed by atoms with Crippen LogP contribution in [0.3, 0.4) is 0 Å². The number of benzene rings is 1. The zero-order valence-corrected chi connectivity index (χ0v) is 27.2. The minimum absolute atomic E-state index is 0.0863. The first-order valence-electron chi connectivity index (χ1n) is 17.6. The average molecular weight is 607 g/mol. The first-order valence-corrected chi connectivity index (χ1v) is 17.6. The largest absolute Gasteiger partial charge is 0.387 e. The summed E-state index contributed by atoms with van der Waals surface area (Å²) >= 11 is 0. The SMILES string of the molecule is C[C@H]1[C@@H]([C@@H](O)[C@@](C)(O)[C@@H]2CC[C@]3(O)C4=CC(=O)[C@H]5C[C@@H](OCCc6ccccc6)CC[C@]5(C)[C@@H]4[C@H]4CCC[C@]23C4)OC[C@H]1C. The van der Waals surface area contributed by atoms with Gasteiger partial charge in [0.15, 0.2) is 5.78 Å². The van der Waals surface area contributed by atoms with Gasteiger partial charge in [-0.05, 0) is 117 Å². The van der Waals surface area contributed by atoms with Gasteiger partial charge in [-0.25, -0.2) is 0 Å². The lowest BCUT2D eigenvalue weighted by molar-refractivity contribution is -0.214. The number of hydrogen-bond acceptors (Lipinski definition) is 6. The average Bonchev–Trinajstić information content (AvgIpc) is 3.49. The van der Waals surface area contributed by atoms with E-state index in [1.807, 2.05) is 12.1 Å². The number of rotatable bonds is 7. The number of aliphatic hydroxyl groups excluding tert-OH is 1. The van der Waals surface area contributed by atoms with Crippen LogP contribution >= 0.6 is 0 Å². The summed E-state index contributed by atoms with van der Waals surface area (Å²) in [7, 11) is 0. The minimum Gasteiger partial charge on any atom is -0.387 e. The molecular formula is C38H54O6. The third kappa shape index (κ3) is 4.48. The molecule has 1 spiro atoms. The van der Waals surface area contributed by atoms with Gasteiger partial charge in [-0.2, -0.15) is 0 Å². The van der Waals surface area contributed by atoms with Gasteiger partial charge in [0.25, 0.3) is 0 Å². The summed E-state index contributed by atoms with van der Waals surface area (Å²) in [5.74, 6) is 0.807. The van der Waals surface area contributed by atoms with E-state index in [4.69, 9.17) is 9.47 Å². The molecule has 13 atom stereocenters.